The standard InChI is InChI=1S/C25H23FN2O4/c26-17-7-10-21-23(12-17)32-28-24(21)15-5-8-19(9-6-15)31-14-18(29)13-27-25-20-4-2-1-3-16(20)11-22(25)30/h1-10,12,18,22,25,27,29-30H,11,13-14H2. The molecule has 7 heteroatoms. The number of halogens is 1. The number of benzene rings is 3. The van der Waals surface area contributed by atoms with Crippen molar-refractivity contribution in [2.75, 3.05) is 13.2 Å². The topological polar surface area (TPSA) is 87.8 Å². The van der Waals surface area contributed by atoms with Crippen LogP contribution in [0.15, 0.2) is 71.3 Å². The van der Waals surface area contributed by atoms with Crippen molar-refractivity contribution in [2.45, 2.75) is 24.7 Å². The summed E-state index contributed by atoms with van der Waals surface area (Å²) in [6.45, 7) is 0.415. The fourth-order valence-corrected chi connectivity index (χ4v) is 4.16. The van der Waals surface area contributed by atoms with E-state index in [0.717, 1.165) is 22.1 Å². The van der Waals surface area contributed by atoms with Crippen molar-refractivity contribution in [3.8, 4) is 17.0 Å². The van der Waals surface area contributed by atoms with Gasteiger partial charge in [0.1, 0.15) is 30.0 Å². The molecule has 32 heavy (non-hydrogen) atoms. The molecule has 3 atom stereocenters. The maximum Gasteiger partial charge on any atom is 0.170 e. The molecule has 4 aromatic rings. The predicted octanol–water partition coefficient (Wildman–Crippen LogP) is 3.62. The first-order valence-electron chi connectivity index (χ1n) is 10.5. The number of nitrogens with zero attached hydrogens (tertiary/aromatic N) is 1. The Kier molecular flexibility index (Phi) is 5.61. The summed E-state index contributed by atoms with van der Waals surface area (Å²) in [4.78, 5) is 0. The van der Waals surface area contributed by atoms with Gasteiger partial charge >= 0.3 is 0 Å². The number of aliphatic hydroxyl groups is 2. The van der Waals surface area contributed by atoms with E-state index in [0.29, 0.717) is 30.0 Å². The fraction of sp³-hybridized carbons (Fsp3) is 0.240. The summed E-state index contributed by atoms with van der Waals surface area (Å²) in [5, 5.41) is 28.7. The molecule has 1 aliphatic carbocycles. The van der Waals surface area contributed by atoms with Crippen molar-refractivity contribution in [2.24, 2.45) is 0 Å². The van der Waals surface area contributed by atoms with Crippen LogP contribution in [0, 0.1) is 5.82 Å². The molecule has 1 aromatic heterocycles. The number of fused-ring (bicyclic) bond motifs is 2. The zero-order valence-electron chi connectivity index (χ0n) is 17.2. The van der Waals surface area contributed by atoms with Gasteiger partial charge in [0.05, 0.1) is 12.1 Å². The Morgan fingerprint density at radius 2 is 1.94 bits per heavy atom. The highest BCUT2D eigenvalue weighted by Gasteiger charge is 2.30. The highest BCUT2D eigenvalue weighted by molar-refractivity contribution is 5.91. The molecular weight excluding hydrogens is 411 g/mol. The number of ether oxygens (including phenoxy) is 1. The molecule has 0 spiro atoms. The maximum absolute atomic E-state index is 13.3. The van der Waals surface area contributed by atoms with E-state index in [1.165, 1.54) is 12.1 Å². The molecular formula is C25H23FN2O4. The van der Waals surface area contributed by atoms with Crippen LogP contribution >= 0.6 is 0 Å². The van der Waals surface area contributed by atoms with Crippen molar-refractivity contribution in [1.82, 2.24) is 10.5 Å². The van der Waals surface area contributed by atoms with Crippen LogP contribution in [0.1, 0.15) is 17.2 Å². The number of aromatic nitrogens is 1. The first-order chi connectivity index (χ1) is 15.6. The van der Waals surface area contributed by atoms with Crippen LogP contribution in [0.4, 0.5) is 4.39 Å². The molecule has 0 saturated carbocycles. The minimum atomic E-state index is -0.732. The lowest BCUT2D eigenvalue weighted by molar-refractivity contribution is 0.0890. The second kappa shape index (κ2) is 8.70. The van der Waals surface area contributed by atoms with Crippen molar-refractivity contribution >= 4 is 11.0 Å². The zero-order valence-corrected chi connectivity index (χ0v) is 17.2. The van der Waals surface area contributed by atoms with Crippen molar-refractivity contribution in [1.29, 1.82) is 0 Å². The molecule has 0 amide bonds. The summed E-state index contributed by atoms with van der Waals surface area (Å²) < 4.78 is 24.3. The Balaban J connectivity index is 1.17. The molecule has 0 bridgehead atoms. The van der Waals surface area contributed by atoms with Gasteiger partial charge in [0, 0.05) is 30.0 Å². The molecule has 0 saturated heterocycles. The fourth-order valence-electron chi connectivity index (χ4n) is 4.16. The third-order valence-corrected chi connectivity index (χ3v) is 5.78. The van der Waals surface area contributed by atoms with Gasteiger partial charge in [-0.05, 0) is 47.5 Å². The van der Waals surface area contributed by atoms with Crippen molar-refractivity contribution in [3.05, 3.63) is 83.7 Å². The molecule has 0 aliphatic heterocycles. The number of nitrogens with one attached hydrogen (secondary N) is 1. The lowest BCUT2D eigenvalue weighted by Gasteiger charge is -2.20. The van der Waals surface area contributed by atoms with Crippen molar-refractivity contribution in [3.63, 3.8) is 0 Å². The van der Waals surface area contributed by atoms with E-state index >= 15 is 0 Å². The Bertz CT molecular complexity index is 1220. The molecule has 164 valence electrons. The van der Waals surface area contributed by atoms with E-state index in [2.05, 4.69) is 10.5 Å². The molecule has 6 nitrogen and oxygen atoms in total. The molecule has 3 N–H and O–H groups in total. The second-order valence-corrected chi connectivity index (χ2v) is 8.02. The third-order valence-electron chi connectivity index (χ3n) is 5.78. The van der Waals surface area contributed by atoms with Crippen LogP contribution in [0.2, 0.25) is 0 Å². The largest absolute Gasteiger partial charge is 0.491 e. The number of hydrogen-bond acceptors (Lipinski definition) is 6. The highest BCUT2D eigenvalue weighted by atomic mass is 19.1. The molecule has 5 rings (SSSR count). The molecule has 0 fully saturated rings. The van der Waals surface area contributed by atoms with E-state index in [4.69, 9.17) is 9.26 Å². The normalized spacial score (nSPS) is 18.6. The van der Waals surface area contributed by atoms with Crippen LogP contribution in [0.3, 0.4) is 0 Å². The molecule has 1 heterocycles. The first kappa shape index (κ1) is 20.6. The van der Waals surface area contributed by atoms with Crippen LogP contribution < -0.4 is 10.1 Å². The summed E-state index contributed by atoms with van der Waals surface area (Å²) in [7, 11) is 0. The van der Waals surface area contributed by atoms with Crippen LogP contribution in [-0.2, 0) is 6.42 Å². The van der Waals surface area contributed by atoms with Gasteiger partial charge < -0.3 is 24.8 Å². The predicted molar refractivity (Wildman–Crippen MR) is 118 cm³/mol. The lowest BCUT2D eigenvalue weighted by atomic mass is 10.1. The smallest absolute Gasteiger partial charge is 0.170 e. The van der Waals surface area contributed by atoms with Gasteiger partial charge in [-0.3, -0.25) is 0 Å². The van der Waals surface area contributed by atoms with Crippen LogP contribution in [0.25, 0.3) is 22.2 Å². The van der Waals surface area contributed by atoms with E-state index in [1.807, 2.05) is 36.4 Å². The second-order valence-electron chi connectivity index (χ2n) is 8.02. The van der Waals surface area contributed by atoms with Crippen LogP contribution in [-0.4, -0.2) is 40.7 Å². The number of hydrogen-bond donors (Lipinski definition) is 3. The van der Waals surface area contributed by atoms with Gasteiger partial charge in [-0.2, -0.15) is 0 Å². The quantitative estimate of drug-likeness (QED) is 0.412. The van der Waals surface area contributed by atoms with Gasteiger partial charge in [0.2, 0.25) is 0 Å². The summed E-state index contributed by atoms with van der Waals surface area (Å²) >= 11 is 0. The van der Waals surface area contributed by atoms with Gasteiger partial charge in [-0.15, -0.1) is 0 Å². The minimum Gasteiger partial charge on any atom is -0.491 e. The Morgan fingerprint density at radius 1 is 1.12 bits per heavy atom. The van der Waals surface area contributed by atoms with E-state index < -0.39 is 12.2 Å². The van der Waals surface area contributed by atoms with E-state index in [1.54, 1.807) is 18.2 Å². The molecule has 0 radical (unpaired) electrons. The van der Waals surface area contributed by atoms with Crippen LogP contribution in [0.5, 0.6) is 5.75 Å². The Morgan fingerprint density at radius 3 is 2.78 bits per heavy atom. The molecule has 3 aromatic carbocycles. The molecule has 1 aliphatic rings. The minimum absolute atomic E-state index is 0.114. The summed E-state index contributed by atoms with van der Waals surface area (Å²) in [5.41, 5.74) is 4.05. The monoisotopic (exact) mass is 434 g/mol. The van der Waals surface area contributed by atoms with Gasteiger partial charge in [-0.25, -0.2) is 4.39 Å². The maximum atomic E-state index is 13.3. The SMILES string of the molecule is OC(CNC1c2ccccc2CC1O)COc1ccc(-c2noc3cc(F)ccc23)cc1. The van der Waals surface area contributed by atoms with Gasteiger partial charge in [0.15, 0.2) is 5.58 Å². The lowest BCUT2D eigenvalue weighted by Crippen LogP contribution is -2.37. The Hall–Kier alpha value is -3.26. The summed E-state index contributed by atoms with van der Waals surface area (Å²) in [6.07, 6.45) is -0.621. The number of aliphatic hydroxyl groups excluding tert-OH is 2. The molecule has 3 unspecified atom stereocenters. The van der Waals surface area contributed by atoms with Gasteiger partial charge in [-0.1, -0.05) is 29.4 Å². The first-order valence-corrected chi connectivity index (χ1v) is 10.5. The van der Waals surface area contributed by atoms with E-state index in [9.17, 15) is 14.6 Å². The average Bonchev–Trinajstić information content (AvgIpc) is 3.36. The highest BCUT2D eigenvalue weighted by Crippen LogP contribution is 2.31. The third kappa shape index (κ3) is 4.10. The van der Waals surface area contributed by atoms with Crippen molar-refractivity contribution < 1.29 is 23.9 Å². The van der Waals surface area contributed by atoms with Gasteiger partial charge in [0.25, 0.3) is 0 Å². The summed E-state index contributed by atoms with van der Waals surface area (Å²) in [6, 6.07) is 19.3. The average molecular weight is 434 g/mol. The van der Waals surface area contributed by atoms with E-state index in [-0.39, 0.29) is 18.5 Å². The summed E-state index contributed by atoms with van der Waals surface area (Å²) in [5.74, 6) is 0.238. The number of rotatable bonds is 7. The zero-order chi connectivity index (χ0) is 22.1. The Labute approximate surface area is 184 Å².